The Morgan fingerprint density at radius 2 is 1.83 bits per heavy atom. The molecule has 0 radical (unpaired) electrons. The quantitative estimate of drug-likeness (QED) is 0.859. The van der Waals surface area contributed by atoms with Gasteiger partial charge in [0.05, 0.1) is 17.3 Å². The van der Waals surface area contributed by atoms with Crippen LogP contribution in [0.25, 0.3) is 6.08 Å². The lowest BCUT2D eigenvalue weighted by molar-refractivity contribution is -0.154. The first kappa shape index (κ1) is 17.8. The highest BCUT2D eigenvalue weighted by molar-refractivity contribution is 7.95. The number of nitrogens with zero attached hydrogens (tertiary/aromatic N) is 1. The number of aromatic nitrogens is 1. The summed E-state index contributed by atoms with van der Waals surface area (Å²) < 4.78 is 66.5. The van der Waals surface area contributed by atoms with Gasteiger partial charge in [0.2, 0.25) is 5.88 Å². The third kappa shape index (κ3) is 6.29. The van der Waals surface area contributed by atoms with Crippen molar-refractivity contribution in [1.82, 2.24) is 4.98 Å². The summed E-state index contributed by atoms with van der Waals surface area (Å²) in [6.07, 6.45) is -1.99. The maximum absolute atomic E-state index is 12.0. The van der Waals surface area contributed by atoms with Crippen molar-refractivity contribution in [3.8, 4) is 5.88 Å². The number of pyridine rings is 1. The Balaban J connectivity index is 1.98. The van der Waals surface area contributed by atoms with E-state index in [9.17, 15) is 21.6 Å². The molecule has 1 aromatic carbocycles. The first-order valence-electron chi connectivity index (χ1n) is 6.65. The van der Waals surface area contributed by atoms with Crippen LogP contribution in [0.4, 0.5) is 18.9 Å². The van der Waals surface area contributed by atoms with Crippen LogP contribution in [0.3, 0.4) is 0 Å². The highest BCUT2D eigenvalue weighted by Crippen LogP contribution is 2.18. The lowest BCUT2D eigenvalue weighted by atomic mass is 10.2. The van der Waals surface area contributed by atoms with Crippen molar-refractivity contribution in [2.45, 2.75) is 6.18 Å². The fraction of sp³-hybridized carbons (Fsp3) is 0.133. The number of halogens is 3. The zero-order chi connectivity index (χ0) is 17.6. The van der Waals surface area contributed by atoms with E-state index in [-0.39, 0.29) is 11.6 Å². The number of hydrogen-bond donors (Lipinski definition) is 1. The summed E-state index contributed by atoms with van der Waals surface area (Å²) in [4.78, 5) is 3.61. The topological polar surface area (TPSA) is 68.3 Å². The first-order valence-corrected chi connectivity index (χ1v) is 8.20. The minimum absolute atomic E-state index is 0.104. The third-order valence-electron chi connectivity index (χ3n) is 2.62. The second-order valence-corrected chi connectivity index (χ2v) is 6.22. The van der Waals surface area contributed by atoms with Gasteiger partial charge >= 0.3 is 6.18 Å². The first-order chi connectivity index (χ1) is 11.2. The number of benzene rings is 1. The summed E-state index contributed by atoms with van der Waals surface area (Å²) >= 11 is 0. The molecule has 0 saturated heterocycles. The van der Waals surface area contributed by atoms with E-state index < -0.39 is 22.8 Å². The molecule has 0 amide bonds. The van der Waals surface area contributed by atoms with Crippen molar-refractivity contribution in [2.75, 3.05) is 11.3 Å². The van der Waals surface area contributed by atoms with Crippen molar-refractivity contribution >= 4 is 21.8 Å². The lowest BCUT2D eigenvalue weighted by Crippen LogP contribution is -2.19. The van der Waals surface area contributed by atoms with Gasteiger partial charge in [0, 0.05) is 6.07 Å². The molecule has 0 saturated carbocycles. The van der Waals surface area contributed by atoms with E-state index >= 15 is 0 Å². The van der Waals surface area contributed by atoms with Crippen LogP contribution in [-0.4, -0.2) is 26.2 Å². The molecule has 1 aromatic heterocycles. The number of ether oxygens (including phenoxy) is 1. The standard InChI is InChI=1S/C15H13F3N2O3S/c16-15(17,18)11-23-14-7-6-13(10-19-14)20-24(21,22)9-8-12-4-2-1-3-5-12/h1-10,20H,11H2/b9-8+. The van der Waals surface area contributed by atoms with Crippen LogP contribution < -0.4 is 9.46 Å². The fourth-order valence-electron chi connectivity index (χ4n) is 1.61. The van der Waals surface area contributed by atoms with Gasteiger partial charge in [0.1, 0.15) is 0 Å². The monoisotopic (exact) mass is 358 g/mol. The molecule has 0 aliphatic heterocycles. The molecule has 0 bridgehead atoms. The normalized spacial score (nSPS) is 12.3. The van der Waals surface area contributed by atoms with Crippen LogP contribution in [0.2, 0.25) is 0 Å². The molecule has 9 heteroatoms. The minimum atomic E-state index is -4.47. The molecule has 128 valence electrons. The Kier molecular flexibility index (Phi) is 5.45. The summed E-state index contributed by atoms with van der Waals surface area (Å²) in [5, 5.41) is 0.983. The van der Waals surface area contributed by atoms with Crippen molar-refractivity contribution < 1.29 is 26.3 Å². The van der Waals surface area contributed by atoms with Gasteiger partial charge in [0.25, 0.3) is 10.0 Å². The molecule has 0 aliphatic rings. The van der Waals surface area contributed by atoms with Gasteiger partial charge in [-0.05, 0) is 17.7 Å². The summed E-state index contributed by atoms with van der Waals surface area (Å²) in [7, 11) is -3.77. The summed E-state index contributed by atoms with van der Waals surface area (Å²) in [5.74, 6) is -0.255. The molecule has 2 rings (SSSR count). The number of alkyl halides is 3. The number of nitrogens with one attached hydrogen (secondary N) is 1. The van der Waals surface area contributed by atoms with Gasteiger partial charge in [-0.15, -0.1) is 0 Å². The van der Waals surface area contributed by atoms with Crippen LogP contribution in [0, 0.1) is 0 Å². The van der Waals surface area contributed by atoms with Gasteiger partial charge in [-0.2, -0.15) is 13.2 Å². The fourth-order valence-corrected chi connectivity index (χ4v) is 2.47. The maximum Gasteiger partial charge on any atom is 0.422 e. The van der Waals surface area contributed by atoms with E-state index in [1.54, 1.807) is 30.3 Å². The average molecular weight is 358 g/mol. The average Bonchev–Trinajstić information content (AvgIpc) is 2.52. The highest BCUT2D eigenvalue weighted by Gasteiger charge is 2.28. The van der Waals surface area contributed by atoms with Crippen molar-refractivity contribution in [2.24, 2.45) is 0 Å². The smallest absolute Gasteiger partial charge is 0.422 e. The number of anilines is 1. The van der Waals surface area contributed by atoms with Crippen LogP contribution >= 0.6 is 0 Å². The van der Waals surface area contributed by atoms with Crippen molar-refractivity contribution in [1.29, 1.82) is 0 Å². The number of rotatable bonds is 6. The van der Waals surface area contributed by atoms with Crippen LogP contribution in [0.5, 0.6) is 5.88 Å². The van der Waals surface area contributed by atoms with Gasteiger partial charge in [-0.3, -0.25) is 4.72 Å². The van der Waals surface area contributed by atoms with E-state index in [1.807, 2.05) is 0 Å². The summed E-state index contributed by atoms with van der Waals surface area (Å²) in [6.45, 7) is -1.47. The predicted octanol–water partition coefficient (Wildman–Crippen LogP) is 3.44. The van der Waals surface area contributed by atoms with E-state index in [4.69, 9.17) is 0 Å². The Bertz CT molecular complexity index is 789. The summed E-state index contributed by atoms with van der Waals surface area (Å²) in [5.41, 5.74) is 0.809. The number of sulfonamides is 1. The molecular weight excluding hydrogens is 345 g/mol. The highest BCUT2D eigenvalue weighted by atomic mass is 32.2. The molecule has 5 nitrogen and oxygen atoms in total. The van der Waals surface area contributed by atoms with E-state index in [2.05, 4.69) is 14.4 Å². The van der Waals surface area contributed by atoms with Gasteiger partial charge in [-0.25, -0.2) is 13.4 Å². The molecule has 0 spiro atoms. The molecule has 24 heavy (non-hydrogen) atoms. The summed E-state index contributed by atoms with van der Waals surface area (Å²) in [6, 6.07) is 11.2. The van der Waals surface area contributed by atoms with Crippen molar-refractivity contribution in [3.63, 3.8) is 0 Å². The van der Waals surface area contributed by atoms with Crippen LogP contribution in [0.1, 0.15) is 5.56 Å². The molecule has 0 aliphatic carbocycles. The second-order valence-electron chi connectivity index (χ2n) is 4.65. The van der Waals surface area contributed by atoms with Gasteiger partial charge in [-0.1, -0.05) is 30.3 Å². The number of hydrogen-bond acceptors (Lipinski definition) is 4. The van der Waals surface area contributed by atoms with E-state index in [0.29, 0.717) is 5.56 Å². The third-order valence-corrected chi connectivity index (χ3v) is 3.63. The Morgan fingerprint density at radius 1 is 1.12 bits per heavy atom. The SMILES string of the molecule is O=S(=O)(/C=C/c1ccccc1)Nc1ccc(OCC(F)(F)F)nc1. The van der Waals surface area contributed by atoms with Crippen LogP contribution in [-0.2, 0) is 10.0 Å². The predicted molar refractivity (Wildman–Crippen MR) is 83.8 cm³/mol. The molecule has 2 aromatic rings. The van der Waals surface area contributed by atoms with E-state index in [0.717, 1.165) is 17.7 Å². The molecular formula is C15H13F3N2O3S. The Hall–Kier alpha value is -2.55. The molecule has 1 heterocycles. The Labute approximate surface area is 136 Å². The van der Waals surface area contributed by atoms with Crippen molar-refractivity contribution in [3.05, 3.63) is 59.6 Å². The van der Waals surface area contributed by atoms with Crippen LogP contribution in [0.15, 0.2) is 54.1 Å². The molecule has 0 fully saturated rings. The molecule has 1 N–H and O–H groups in total. The zero-order valence-corrected chi connectivity index (χ0v) is 13.0. The molecule has 0 atom stereocenters. The maximum atomic E-state index is 12.0. The second kappa shape index (κ2) is 7.35. The van der Waals surface area contributed by atoms with E-state index in [1.165, 1.54) is 12.1 Å². The van der Waals surface area contributed by atoms with Gasteiger partial charge < -0.3 is 4.74 Å². The van der Waals surface area contributed by atoms with Gasteiger partial charge in [0.15, 0.2) is 6.61 Å². The lowest BCUT2D eigenvalue weighted by Gasteiger charge is -2.09. The zero-order valence-electron chi connectivity index (χ0n) is 12.2. The Morgan fingerprint density at radius 3 is 2.42 bits per heavy atom. The largest absolute Gasteiger partial charge is 0.468 e. The molecule has 0 unspecified atom stereocenters. The minimum Gasteiger partial charge on any atom is -0.468 e.